The molecule has 1 aliphatic rings. The highest BCUT2D eigenvalue weighted by molar-refractivity contribution is 9.10. The summed E-state index contributed by atoms with van der Waals surface area (Å²) >= 11 is 3.41. The van der Waals surface area contributed by atoms with Crippen molar-refractivity contribution in [1.82, 2.24) is 5.06 Å². The molecule has 7 heteroatoms. The maximum atomic E-state index is 12.9. The maximum absolute atomic E-state index is 12.9. The molecular formula is C14H21BrNO4P. The second-order valence-corrected chi connectivity index (χ2v) is 7.89. The highest BCUT2D eigenvalue weighted by Gasteiger charge is 2.46. The van der Waals surface area contributed by atoms with Gasteiger partial charge in [-0.3, -0.25) is 9.40 Å². The molecule has 1 aromatic carbocycles. The van der Waals surface area contributed by atoms with Crippen molar-refractivity contribution in [3.05, 3.63) is 34.3 Å². The van der Waals surface area contributed by atoms with Crippen LogP contribution >= 0.6 is 23.5 Å². The number of hydrogen-bond acceptors (Lipinski definition) is 5. The Morgan fingerprint density at radius 1 is 1.29 bits per heavy atom. The molecule has 0 radical (unpaired) electrons. The second kappa shape index (κ2) is 7.36. The largest absolute Gasteiger partial charge is 0.350 e. The van der Waals surface area contributed by atoms with Crippen LogP contribution in [0.2, 0.25) is 0 Å². The van der Waals surface area contributed by atoms with Crippen LogP contribution in [0.1, 0.15) is 31.9 Å². The van der Waals surface area contributed by atoms with Crippen LogP contribution in [-0.2, 0) is 18.5 Å². The molecule has 5 nitrogen and oxygen atoms in total. The first kappa shape index (κ1) is 17.1. The van der Waals surface area contributed by atoms with E-state index in [-0.39, 0.29) is 11.9 Å². The Hall–Kier alpha value is -0.230. The third-order valence-electron chi connectivity index (χ3n) is 3.36. The van der Waals surface area contributed by atoms with Crippen LogP contribution in [0.3, 0.4) is 0 Å². The molecule has 0 unspecified atom stereocenters. The minimum Gasteiger partial charge on any atom is -0.308 e. The third kappa shape index (κ3) is 3.95. The molecule has 1 fully saturated rings. The Kier molecular flexibility index (Phi) is 6.00. The Morgan fingerprint density at radius 3 is 2.38 bits per heavy atom. The number of halogens is 1. The van der Waals surface area contributed by atoms with E-state index in [1.165, 1.54) is 0 Å². The van der Waals surface area contributed by atoms with Crippen LogP contribution in [0.4, 0.5) is 0 Å². The van der Waals surface area contributed by atoms with Crippen molar-refractivity contribution in [3.63, 3.8) is 0 Å². The summed E-state index contributed by atoms with van der Waals surface area (Å²) in [4.78, 5) is 5.82. The zero-order chi connectivity index (χ0) is 15.5. The molecular weight excluding hydrogens is 357 g/mol. The van der Waals surface area contributed by atoms with E-state index in [9.17, 15) is 4.57 Å². The molecule has 118 valence electrons. The van der Waals surface area contributed by atoms with Crippen molar-refractivity contribution in [2.24, 2.45) is 0 Å². The summed E-state index contributed by atoms with van der Waals surface area (Å²) < 4.78 is 24.8. The predicted molar refractivity (Wildman–Crippen MR) is 85.0 cm³/mol. The normalized spacial score (nSPS) is 23.6. The molecule has 1 aromatic rings. The molecule has 1 aliphatic heterocycles. The highest BCUT2D eigenvalue weighted by atomic mass is 79.9. The van der Waals surface area contributed by atoms with E-state index in [0.29, 0.717) is 19.6 Å². The van der Waals surface area contributed by atoms with Gasteiger partial charge in [-0.1, -0.05) is 28.1 Å². The summed E-state index contributed by atoms with van der Waals surface area (Å²) in [5.74, 6) is -0.383. The van der Waals surface area contributed by atoms with Gasteiger partial charge in [-0.15, -0.1) is 0 Å². The smallest absolute Gasteiger partial charge is 0.308 e. The molecule has 0 N–H and O–H groups in total. The van der Waals surface area contributed by atoms with Crippen LogP contribution in [-0.4, -0.2) is 31.1 Å². The van der Waals surface area contributed by atoms with E-state index in [1.54, 1.807) is 12.1 Å². The molecule has 0 amide bonds. The van der Waals surface area contributed by atoms with Crippen LogP contribution < -0.4 is 0 Å². The Morgan fingerprint density at radius 2 is 1.86 bits per heavy atom. The number of nitrogens with zero attached hydrogens (tertiary/aromatic N) is 1. The minimum absolute atomic E-state index is 0.137. The molecule has 2 atom stereocenters. The Bertz CT molecular complexity index is 500. The zero-order valence-electron chi connectivity index (χ0n) is 12.5. The van der Waals surface area contributed by atoms with Gasteiger partial charge in [0.1, 0.15) is 11.9 Å². The summed E-state index contributed by atoms with van der Waals surface area (Å²) in [6.45, 7) is 4.33. The number of rotatable bonds is 6. The molecule has 0 bridgehead atoms. The summed E-state index contributed by atoms with van der Waals surface area (Å²) in [7, 11) is -1.43. The summed E-state index contributed by atoms with van der Waals surface area (Å²) in [5, 5.41) is 1.61. The Labute approximate surface area is 134 Å². The van der Waals surface area contributed by atoms with Crippen LogP contribution in [0.25, 0.3) is 0 Å². The molecule has 0 aliphatic carbocycles. The minimum atomic E-state index is -3.20. The van der Waals surface area contributed by atoms with E-state index in [1.807, 2.05) is 38.1 Å². The lowest BCUT2D eigenvalue weighted by Gasteiger charge is -2.25. The topological polar surface area (TPSA) is 48.0 Å². The lowest BCUT2D eigenvalue weighted by Crippen LogP contribution is -2.25. The Balaban J connectivity index is 2.16. The monoisotopic (exact) mass is 377 g/mol. The van der Waals surface area contributed by atoms with Gasteiger partial charge in [-0.25, -0.2) is 0 Å². The number of benzene rings is 1. The highest BCUT2D eigenvalue weighted by Crippen LogP contribution is 2.59. The SMILES string of the molecule is CCOP(=O)(OCC)[C@H]1C[C@H](c2ccc(Br)cc2)ON1C. The standard InChI is InChI=1S/C14H21BrNO4P/c1-4-18-21(17,19-5-2)14-10-13(20-16(14)3)11-6-8-12(15)9-7-11/h6-9,13-14H,4-5,10H2,1-3H3/t13-,14+/m1/s1. The van der Waals surface area contributed by atoms with E-state index in [4.69, 9.17) is 13.9 Å². The van der Waals surface area contributed by atoms with Gasteiger partial charge in [0.15, 0.2) is 0 Å². The van der Waals surface area contributed by atoms with Crippen molar-refractivity contribution >= 4 is 23.5 Å². The van der Waals surface area contributed by atoms with E-state index >= 15 is 0 Å². The first-order valence-electron chi connectivity index (χ1n) is 7.04. The average Bonchev–Trinajstić information content (AvgIpc) is 2.83. The maximum Gasteiger partial charge on any atom is 0.350 e. The quantitative estimate of drug-likeness (QED) is 0.689. The third-order valence-corrected chi connectivity index (χ3v) is 6.39. The predicted octanol–water partition coefficient (Wildman–Crippen LogP) is 4.35. The first-order valence-corrected chi connectivity index (χ1v) is 9.44. The fourth-order valence-electron chi connectivity index (χ4n) is 2.43. The molecule has 1 heterocycles. The molecule has 0 saturated carbocycles. The van der Waals surface area contributed by atoms with Crippen molar-refractivity contribution in [2.45, 2.75) is 32.2 Å². The number of hydroxylamine groups is 2. The van der Waals surface area contributed by atoms with Crippen molar-refractivity contribution in [1.29, 1.82) is 0 Å². The summed E-state index contributed by atoms with van der Waals surface area (Å²) in [6, 6.07) is 7.93. The molecule has 0 aromatic heterocycles. The number of hydrogen-bond donors (Lipinski definition) is 0. The zero-order valence-corrected chi connectivity index (χ0v) is 15.0. The van der Waals surface area contributed by atoms with Gasteiger partial charge >= 0.3 is 7.60 Å². The average molecular weight is 378 g/mol. The van der Waals surface area contributed by atoms with E-state index in [2.05, 4.69) is 15.9 Å². The van der Waals surface area contributed by atoms with Gasteiger partial charge in [-0.2, -0.15) is 5.06 Å². The van der Waals surface area contributed by atoms with Crippen LogP contribution in [0, 0.1) is 0 Å². The molecule has 1 saturated heterocycles. The van der Waals surface area contributed by atoms with Gasteiger partial charge < -0.3 is 9.05 Å². The van der Waals surface area contributed by atoms with Gasteiger partial charge in [0, 0.05) is 17.9 Å². The second-order valence-electron chi connectivity index (χ2n) is 4.78. The fourth-order valence-corrected chi connectivity index (χ4v) is 4.73. The summed E-state index contributed by atoms with van der Waals surface area (Å²) in [6.07, 6.45) is 0.442. The van der Waals surface area contributed by atoms with E-state index in [0.717, 1.165) is 10.0 Å². The van der Waals surface area contributed by atoms with Crippen molar-refractivity contribution in [3.8, 4) is 0 Å². The molecule has 2 rings (SSSR count). The van der Waals surface area contributed by atoms with Gasteiger partial charge in [0.25, 0.3) is 0 Å². The fraction of sp³-hybridized carbons (Fsp3) is 0.571. The van der Waals surface area contributed by atoms with Crippen molar-refractivity contribution < 1.29 is 18.5 Å². The molecule has 0 spiro atoms. The van der Waals surface area contributed by atoms with E-state index < -0.39 is 7.60 Å². The van der Waals surface area contributed by atoms with Crippen LogP contribution in [0.5, 0.6) is 0 Å². The lowest BCUT2D eigenvalue weighted by molar-refractivity contribution is -0.137. The van der Waals surface area contributed by atoms with Gasteiger partial charge in [0.2, 0.25) is 0 Å². The first-order chi connectivity index (χ1) is 10.00. The van der Waals surface area contributed by atoms with Crippen molar-refractivity contribution in [2.75, 3.05) is 20.3 Å². The molecule has 21 heavy (non-hydrogen) atoms. The van der Waals surface area contributed by atoms with Gasteiger partial charge in [-0.05, 0) is 31.5 Å². The lowest BCUT2D eigenvalue weighted by atomic mass is 10.1. The van der Waals surface area contributed by atoms with Gasteiger partial charge in [0.05, 0.1) is 13.2 Å². The summed E-state index contributed by atoms with van der Waals surface area (Å²) in [5.41, 5.74) is 1.05. The van der Waals surface area contributed by atoms with Crippen LogP contribution in [0.15, 0.2) is 28.7 Å².